The summed E-state index contributed by atoms with van der Waals surface area (Å²) in [4.78, 5) is 9.00. The van der Waals surface area contributed by atoms with Gasteiger partial charge in [0.1, 0.15) is 0 Å². The maximum absolute atomic E-state index is 9.35. The molecule has 1 rings (SSSR count). The first-order chi connectivity index (χ1) is 6.04. The lowest BCUT2D eigenvalue weighted by Crippen LogP contribution is -2.17. The van der Waals surface area contributed by atoms with Crippen molar-refractivity contribution in [2.45, 2.75) is 49.1 Å². The molecule has 78 valence electrons. The molecule has 0 aromatic carbocycles. The predicted molar refractivity (Wildman–Crippen MR) is 60.2 cm³/mol. The van der Waals surface area contributed by atoms with Crippen molar-refractivity contribution in [2.75, 3.05) is 0 Å². The first-order valence-corrected chi connectivity index (χ1v) is 5.80. The van der Waals surface area contributed by atoms with Crippen LogP contribution in [-0.4, -0.2) is 26.2 Å². The van der Waals surface area contributed by atoms with Crippen LogP contribution in [0.3, 0.4) is 0 Å². The normalized spacial score (nSPS) is 28.2. The Morgan fingerprint density at radius 1 is 1.31 bits per heavy atom. The highest BCUT2D eigenvalue weighted by atomic mass is 127. The molecule has 4 heteroatoms. The Balaban J connectivity index is 0.000000310. The van der Waals surface area contributed by atoms with Gasteiger partial charge in [0.2, 0.25) is 0 Å². The van der Waals surface area contributed by atoms with E-state index in [9.17, 15) is 5.11 Å². The summed E-state index contributed by atoms with van der Waals surface area (Å²) in [6.07, 6.45) is 6.06. The monoisotopic (exact) mass is 300 g/mol. The van der Waals surface area contributed by atoms with Crippen LogP contribution < -0.4 is 0 Å². The summed E-state index contributed by atoms with van der Waals surface area (Å²) in [5, 5.41) is 16.8. The quantitative estimate of drug-likeness (QED) is 0.410. The lowest BCUT2D eigenvalue weighted by atomic mass is 10.2. The van der Waals surface area contributed by atoms with Gasteiger partial charge in [0.25, 0.3) is 5.97 Å². The molecule has 1 fully saturated rings. The summed E-state index contributed by atoms with van der Waals surface area (Å²) in [6.45, 7) is 1.08. The summed E-state index contributed by atoms with van der Waals surface area (Å²) >= 11 is 2.36. The third kappa shape index (κ3) is 8.49. The number of carboxylic acids is 1. The van der Waals surface area contributed by atoms with Gasteiger partial charge >= 0.3 is 0 Å². The Morgan fingerprint density at radius 2 is 1.77 bits per heavy atom. The highest BCUT2D eigenvalue weighted by Gasteiger charge is 2.17. The lowest BCUT2D eigenvalue weighted by Gasteiger charge is -2.11. The summed E-state index contributed by atoms with van der Waals surface area (Å²) in [5.41, 5.74) is 0. The fourth-order valence-electron chi connectivity index (χ4n) is 1.24. The van der Waals surface area contributed by atoms with Crippen molar-refractivity contribution in [1.29, 1.82) is 0 Å². The van der Waals surface area contributed by atoms with Crippen molar-refractivity contribution in [3.8, 4) is 0 Å². The molecule has 2 N–H and O–H groups in total. The van der Waals surface area contributed by atoms with E-state index in [1.165, 1.54) is 25.7 Å². The fraction of sp³-hybridized carbons (Fsp3) is 0.889. The second-order valence-corrected chi connectivity index (χ2v) is 4.84. The van der Waals surface area contributed by atoms with Crippen LogP contribution in [0.1, 0.15) is 39.0 Å². The molecular weight excluding hydrogens is 283 g/mol. The lowest BCUT2D eigenvalue weighted by molar-refractivity contribution is -0.134. The van der Waals surface area contributed by atoms with Gasteiger partial charge in [0.15, 0.2) is 0 Å². The second kappa shape index (κ2) is 7.55. The van der Waals surface area contributed by atoms with E-state index < -0.39 is 5.97 Å². The number of rotatable bonds is 0. The van der Waals surface area contributed by atoms with E-state index in [2.05, 4.69) is 22.6 Å². The van der Waals surface area contributed by atoms with Crippen molar-refractivity contribution in [3.05, 3.63) is 0 Å². The molecule has 3 nitrogen and oxygen atoms in total. The molecule has 0 aromatic heterocycles. The molecule has 1 saturated carbocycles. The average molecular weight is 300 g/mol. The van der Waals surface area contributed by atoms with E-state index in [0.29, 0.717) is 3.92 Å². The smallest absolute Gasteiger partial charge is 0.300 e. The van der Waals surface area contributed by atoms with E-state index in [0.717, 1.165) is 13.3 Å². The maximum atomic E-state index is 9.35. The molecular formula is C9H17IO3. The summed E-state index contributed by atoms with van der Waals surface area (Å²) in [7, 11) is 0. The molecule has 13 heavy (non-hydrogen) atoms. The number of alkyl halides is 1. The first-order valence-electron chi connectivity index (χ1n) is 4.55. The number of aliphatic hydroxyl groups is 1. The Labute approximate surface area is 92.7 Å². The van der Waals surface area contributed by atoms with Gasteiger partial charge in [-0.05, 0) is 12.8 Å². The van der Waals surface area contributed by atoms with E-state index in [-0.39, 0.29) is 6.10 Å². The summed E-state index contributed by atoms with van der Waals surface area (Å²) in [5.74, 6) is -0.833. The third-order valence-electron chi connectivity index (χ3n) is 1.90. The van der Waals surface area contributed by atoms with Crippen LogP contribution in [0.15, 0.2) is 0 Å². The predicted octanol–water partition coefficient (Wildman–Crippen LogP) is 2.21. The maximum Gasteiger partial charge on any atom is 0.300 e. The van der Waals surface area contributed by atoms with E-state index >= 15 is 0 Å². The minimum atomic E-state index is -0.833. The van der Waals surface area contributed by atoms with Gasteiger partial charge in [-0.1, -0.05) is 41.9 Å². The third-order valence-corrected chi connectivity index (χ3v) is 3.35. The van der Waals surface area contributed by atoms with Crippen molar-refractivity contribution in [3.63, 3.8) is 0 Å². The zero-order chi connectivity index (χ0) is 10.3. The fourth-order valence-corrected chi connectivity index (χ4v) is 2.04. The average Bonchev–Trinajstić information content (AvgIpc) is 2.16. The molecule has 0 saturated heterocycles. The Kier molecular flexibility index (Phi) is 7.65. The van der Waals surface area contributed by atoms with Crippen LogP contribution >= 0.6 is 22.6 Å². The molecule has 0 unspecified atom stereocenters. The minimum absolute atomic E-state index is 0.0203. The van der Waals surface area contributed by atoms with Gasteiger partial charge in [-0.25, -0.2) is 0 Å². The van der Waals surface area contributed by atoms with Crippen LogP contribution in [0.5, 0.6) is 0 Å². The second-order valence-electron chi connectivity index (χ2n) is 3.24. The largest absolute Gasteiger partial charge is 0.481 e. The van der Waals surface area contributed by atoms with Gasteiger partial charge in [-0.2, -0.15) is 0 Å². The number of aliphatic carboxylic acids is 1. The molecule has 0 aliphatic heterocycles. The highest BCUT2D eigenvalue weighted by molar-refractivity contribution is 14.1. The zero-order valence-electron chi connectivity index (χ0n) is 7.87. The molecule has 0 spiro atoms. The van der Waals surface area contributed by atoms with Crippen molar-refractivity contribution in [1.82, 2.24) is 0 Å². The number of halogens is 1. The Hall–Kier alpha value is 0.160. The standard InChI is InChI=1S/C7H13IO.C2H4O2/c8-6-4-2-1-3-5-7(6)9;1-2(3)4/h6-7,9H,1-5H2;1H3,(H,3,4)/t6-,7-;/m1./s1. The number of carboxylic acid groups (broad SMARTS) is 1. The van der Waals surface area contributed by atoms with Crippen LogP contribution in [0.2, 0.25) is 0 Å². The van der Waals surface area contributed by atoms with Crippen LogP contribution in [0, 0.1) is 0 Å². The number of hydrogen-bond acceptors (Lipinski definition) is 2. The van der Waals surface area contributed by atoms with Crippen LogP contribution in [-0.2, 0) is 4.79 Å². The Morgan fingerprint density at radius 3 is 2.31 bits per heavy atom. The van der Waals surface area contributed by atoms with E-state index in [1.807, 2.05) is 0 Å². The molecule has 1 aliphatic carbocycles. The molecule has 0 amide bonds. The number of aliphatic hydroxyl groups excluding tert-OH is 1. The Bertz CT molecular complexity index is 136. The molecule has 0 aromatic rings. The van der Waals surface area contributed by atoms with Gasteiger partial charge < -0.3 is 10.2 Å². The number of carbonyl (C=O) groups is 1. The van der Waals surface area contributed by atoms with E-state index in [4.69, 9.17) is 9.90 Å². The first kappa shape index (κ1) is 13.2. The summed E-state index contributed by atoms with van der Waals surface area (Å²) in [6, 6.07) is 0. The van der Waals surface area contributed by atoms with Gasteiger partial charge in [-0.3, -0.25) is 4.79 Å². The number of hydrogen-bond donors (Lipinski definition) is 2. The SMILES string of the molecule is CC(=O)O.O[C@@H]1CCCCC[C@H]1I. The zero-order valence-corrected chi connectivity index (χ0v) is 10.0. The highest BCUT2D eigenvalue weighted by Crippen LogP contribution is 2.23. The van der Waals surface area contributed by atoms with Crippen molar-refractivity contribution >= 4 is 28.6 Å². The summed E-state index contributed by atoms with van der Waals surface area (Å²) < 4.78 is 0.519. The molecule has 2 atom stereocenters. The van der Waals surface area contributed by atoms with Crippen molar-refractivity contribution < 1.29 is 15.0 Å². The van der Waals surface area contributed by atoms with Crippen LogP contribution in [0.25, 0.3) is 0 Å². The van der Waals surface area contributed by atoms with E-state index in [1.54, 1.807) is 0 Å². The molecule has 0 radical (unpaired) electrons. The minimum Gasteiger partial charge on any atom is -0.481 e. The van der Waals surface area contributed by atoms with Gasteiger partial charge in [0.05, 0.1) is 6.10 Å². The van der Waals surface area contributed by atoms with Gasteiger partial charge in [-0.15, -0.1) is 0 Å². The molecule has 0 bridgehead atoms. The topological polar surface area (TPSA) is 57.5 Å². The molecule has 0 heterocycles. The molecule has 1 aliphatic rings. The van der Waals surface area contributed by atoms with Crippen molar-refractivity contribution in [2.24, 2.45) is 0 Å². The van der Waals surface area contributed by atoms with Gasteiger partial charge in [0, 0.05) is 10.8 Å². The van der Waals surface area contributed by atoms with Crippen LogP contribution in [0.4, 0.5) is 0 Å².